The summed E-state index contributed by atoms with van der Waals surface area (Å²) in [5.41, 5.74) is 2.20. The molecule has 4 atom stereocenters. The van der Waals surface area contributed by atoms with Gasteiger partial charge in [-0.2, -0.15) is 0 Å². The Morgan fingerprint density at radius 2 is 1.60 bits per heavy atom. The fourth-order valence-electron chi connectivity index (χ4n) is 6.32. The molecule has 43 heavy (non-hydrogen) atoms. The van der Waals surface area contributed by atoms with Crippen molar-refractivity contribution in [2.24, 2.45) is 5.92 Å². The Hall–Kier alpha value is -3.82. The van der Waals surface area contributed by atoms with Crippen molar-refractivity contribution in [1.82, 2.24) is 20.4 Å². The lowest BCUT2D eigenvalue weighted by atomic mass is 9.76. The zero-order valence-electron chi connectivity index (χ0n) is 25.0. The van der Waals surface area contributed by atoms with E-state index in [1.165, 1.54) is 0 Å². The van der Waals surface area contributed by atoms with Crippen LogP contribution in [0.15, 0.2) is 83.8 Å². The normalized spacial score (nSPS) is 21.8. The molecule has 2 heterocycles. The highest BCUT2D eigenvalue weighted by Crippen LogP contribution is 2.52. The Bertz CT molecular complexity index is 1390. The molecule has 3 aromatic carbocycles. The molecule has 0 aliphatic carbocycles. The number of nitrogens with one attached hydrogen (secondary N) is 2. The van der Waals surface area contributed by atoms with Gasteiger partial charge in [-0.25, -0.2) is 4.79 Å². The first-order valence-electron chi connectivity index (χ1n) is 14.9. The molecule has 0 spiro atoms. The van der Waals surface area contributed by atoms with Gasteiger partial charge >= 0.3 is 6.03 Å². The standard InChI is InChI=1S/C34H40N4O4S/c1-4-18-36-34(41)38-30(24-10-14-26(42-2)15-11-24)29(32(39)25-12-16-27(43-3)17-13-25)28(23-8-6-5-7-9-23)31(38)33(40)37-21-19-35-20-22-37/h5-17,28-31,35H,4,18-22H2,1-3H3,(H,36,41). The first-order chi connectivity index (χ1) is 21.0. The highest BCUT2D eigenvalue weighted by Gasteiger charge is 2.58. The number of rotatable bonds is 9. The fourth-order valence-corrected chi connectivity index (χ4v) is 6.73. The molecule has 5 rings (SSSR count). The van der Waals surface area contributed by atoms with E-state index in [1.807, 2.05) is 96.9 Å². The van der Waals surface area contributed by atoms with Crippen LogP contribution in [0.3, 0.4) is 0 Å². The Morgan fingerprint density at radius 1 is 0.930 bits per heavy atom. The molecule has 226 valence electrons. The summed E-state index contributed by atoms with van der Waals surface area (Å²) < 4.78 is 5.43. The van der Waals surface area contributed by atoms with Crippen LogP contribution in [0.25, 0.3) is 0 Å². The average Bonchev–Trinajstić information content (AvgIpc) is 3.43. The van der Waals surface area contributed by atoms with Crippen LogP contribution in [-0.4, -0.2) is 79.7 Å². The van der Waals surface area contributed by atoms with Crippen molar-refractivity contribution in [2.45, 2.75) is 36.2 Å². The van der Waals surface area contributed by atoms with Gasteiger partial charge in [-0.15, -0.1) is 11.8 Å². The Labute approximate surface area is 258 Å². The Kier molecular flexibility index (Phi) is 10.0. The van der Waals surface area contributed by atoms with Crippen molar-refractivity contribution in [3.8, 4) is 5.75 Å². The minimum atomic E-state index is -0.871. The second-order valence-corrected chi connectivity index (χ2v) is 11.8. The van der Waals surface area contributed by atoms with Gasteiger partial charge in [0.25, 0.3) is 0 Å². The summed E-state index contributed by atoms with van der Waals surface area (Å²) in [4.78, 5) is 48.0. The van der Waals surface area contributed by atoms with E-state index in [0.717, 1.165) is 22.4 Å². The maximum absolute atomic E-state index is 14.7. The van der Waals surface area contributed by atoms with Gasteiger partial charge < -0.3 is 25.2 Å². The highest BCUT2D eigenvalue weighted by atomic mass is 32.2. The van der Waals surface area contributed by atoms with Crippen molar-refractivity contribution in [3.05, 3.63) is 95.6 Å². The summed E-state index contributed by atoms with van der Waals surface area (Å²) in [7, 11) is 1.60. The molecular formula is C34H40N4O4S. The number of nitrogens with zero attached hydrogens (tertiary/aromatic N) is 2. The summed E-state index contributed by atoms with van der Waals surface area (Å²) in [6.45, 7) is 4.91. The van der Waals surface area contributed by atoms with Gasteiger partial charge in [0, 0.05) is 49.1 Å². The summed E-state index contributed by atoms with van der Waals surface area (Å²) in [5, 5.41) is 6.35. The van der Waals surface area contributed by atoms with Gasteiger partial charge in [0.15, 0.2) is 5.78 Å². The molecule has 2 N–H and O–H groups in total. The molecule has 2 saturated heterocycles. The number of hydrogen-bond acceptors (Lipinski definition) is 6. The van der Waals surface area contributed by atoms with Gasteiger partial charge in [-0.05, 0) is 48.1 Å². The second kappa shape index (κ2) is 14.1. The summed E-state index contributed by atoms with van der Waals surface area (Å²) in [6, 6.07) is 22.9. The van der Waals surface area contributed by atoms with Gasteiger partial charge in [-0.3, -0.25) is 9.59 Å². The summed E-state index contributed by atoms with van der Waals surface area (Å²) in [5.74, 6) is -0.817. The number of ether oxygens (including phenoxy) is 1. The van der Waals surface area contributed by atoms with Crippen LogP contribution in [0.5, 0.6) is 5.75 Å². The molecule has 2 fully saturated rings. The molecule has 4 unspecified atom stereocenters. The number of thioether (sulfide) groups is 1. The van der Waals surface area contributed by atoms with Crippen LogP contribution in [0.2, 0.25) is 0 Å². The lowest BCUT2D eigenvalue weighted by Gasteiger charge is -2.36. The molecule has 9 heteroatoms. The number of hydrogen-bond donors (Lipinski definition) is 2. The van der Waals surface area contributed by atoms with Crippen LogP contribution in [0, 0.1) is 5.92 Å². The van der Waals surface area contributed by atoms with Crippen molar-refractivity contribution in [2.75, 3.05) is 46.1 Å². The Morgan fingerprint density at radius 3 is 2.21 bits per heavy atom. The number of ketones is 1. The van der Waals surface area contributed by atoms with Crippen molar-refractivity contribution in [3.63, 3.8) is 0 Å². The third-order valence-corrected chi connectivity index (χ3v) is 9.17. The van der Waals surface area contributed by atoms with E-state index in [2.05, 4.69) is 10.6 Å². The number of amides is 3. The number of urea groups is 1. The molecule has 2 aliphatic heterocycles. The van der Waals surface area contributed by atoms with E-state index in [9.17, 15) is 14.4 Å². The van der Waals surface area contributed by atoms with E-state index in [4.69, 9.17) is 4.74 Å². The zero-order valence-corrected chi connectivity index (χ0v) is 25.8. The van der Waals surface area contributed by atoms with Crippen LogP contribution < -0.4 is 15.4 Å². The average molecular weight is 601 g/mol. The van der Waals surface area contributed by atoms with Gasteiger partial charge in [0.1, 0.15) is 11.8 Å². The predicted molar refractivity (Wildman–Crippen MR) is 170 cm³/mol. The number of carbonyl (C=O) groups excluding carboxylic acids is 3. The van der Waals surface area contributed by atoms with E-state index in [1.54, 1.807) is 23.8 Å². The highest BCUT2D eigenvalue weighted by molar-refractivity contribution is 7.98. The third-order valence-electron chi connectivity index (χ3n) is 8.43. The number of methoxy groups -OCH3 is 1. The molecule has 8 nitrogen and oxygen atoms in total. The zero-order chi connectivity index (χ0) is 30.3. The molecular weight excluding hydrogens is 560 g/mol. The maximum Gasteiger partial charge on any atom is 0.318 e. The molecule has 2 aliphatic rings. The second-order valence-electron chi connectivity index (χ2n) is 10.9. The van der Waals surface area contributed by atoms with E-state index in [-0.39, 0.29) is 17.7 Å². The molecule has 0 saturated carbocycles. The SMILES string of the molecule is CCCNC(=O)N1C(C(=O)N2CCNCC2)C(c2ccccc2)C(C(=O)c2ccc(SC)cc2)C1c1ccc(OC)cc1. The minimum Gasteiger partial charge on any atom is -0.497 e. The molecule has 3 amide bonds. The first-order valence-corrected chi connectivity index (χ1v) is 16.1. The number of likely N-dealkylation sites (tertiary alicyclic amines) is 1. The first kappa shape index (κ1) is 30.6. The van der Waals surface area contributed by atoms with Crippen LogP contribution in [0.4, 0.5) is 4.79 Å². The van der Waals surface area contributed by atoms with Crippen molar-refractivity contribution in [1.29, 1.82) is 0 Å². The number of carbonyl (C=O) groups is 3. The number of benzene rings is 3. The third kappa shape index (κ3) is 6.43. The maximum atomic E-state index is 14.7. The van der Waals surface area contributed by atoms with Crippen LogP contribution in [0.1, 0.15) is 46.8 Å². The van der Waals surface area contributed by atoms with Gasteiger partial charge in [0.2, 0.25) is 5.91 Å². The summed E-state index contributed by atoms with van der Waals surface area (Å²) in [6.07, 6.45) is 2.74. The molecule has 0 bridgehead atoms. The van der Waals surface area contributed by atoms with Crippen LogP contribution in [-0.2, 0) is 4.79 Å². The van der Waals surface area contributed by atoms with Gasteiger partial charge in [0.05, 0.1) is 19.1 Å². The minimum absolute atomic E-state index is 0.0915. The molecule has 0 radical (unpaired) electrons. The van der Waals surface area contributed by atoms with E-state index < -0.39 is 23.9 Å². The van der Waals surface area contributed by atoms with Crippen molar-refractivity contribution >= 4 is 29.5 Å². The molecule has 0 aromatic heterocycles. The summed E-state index contributed by atoms with van der Waals surface area (Å²) >= 11 is 1.61. The smallest absolute Gasteiger partial charge is 0.318 e. The van der Waals surface area contributed by atoms with E-state index >= 15 is 0 Å². The quantitative estimate of drug-likeness (QED) is 0.266. The molecule has 3 aromatic rings. The monoisotopic (exact) mass is 600 g/mol. The Balaban J connectivity index is 1.72. The number of piperazine rings is 1. The predicted octanol–water partition coefficient (Wildman–Crippen LogP) is 4.98. The number of Topliss-reactive ketones (excluding diaryl/α,β-unsaturated/α-hetero) is 1. The van der Waals surface area contributed by atoms with Crippen molar-refractivity contribution < 1.29 is 19.1 Å². The topological polar surface area (TPSA) is 91.0 Å². The lowest BCUT2D eigenvalue weighted by molar-refractivity contribution is -0.136. The fraction of sp³-hybridized carbons (Fsp3) is 0.382. The van der Waals surface area contributed by atoms with E-state index in [0.29, 0.717) is 44.0 Å². The van der Waals surface area contributed by atoms with Crippen LogP contribution >= 0.6 is 11.8 Å². The van der Waals surface area contributed by atoms with Gasteiger partial charge in [-0.1, -0.05) is 61.5 Å². The lowest BCUT2D eigenvalue weighted by Crippen LogP contribution is -2.56. The largest absolute Gasteiger partial charge is 0.497 e.